The van der Waals surface area contributed by atoms with Crippen LogP contribution in [0.25, 0.3) is 0 Å². The first-order chi connectivity index (χ1) is 5.15. The van der Waals surface area contributed by atoms with Gasteiger partial charge in [0.05, 0.1) is 0 Å². The van der Waals surface area contributed by atoms with Crippen LogP contribution in [0.4, 0.5) is 4.79 Å². The quantitative estimate of drug-likeness (QED) is 0.621. The number of unbranched alkanes of at least 4 members (excludes halogenated alkanes) is 1. The van der Waals surface area contributed by atoms with Crippen molar-refractivity contribution >= 4 is 6.16 Å². The van der Waals surface area contributed by atoms with Crippen LogP contribution in [-0.2, 0) is 0 Å². The van der Waals surface area contributed by atoms with E-state index in [2.05, 4.69) is 19.6 Å². The Morgan fingerprint density at radius 3 is 2.27 bits per heavy atom. The number of hydrogen-bond acceptors (Lipinski definition) is 1. The van der Waals surface area contributed by atoms with Crippen molar-refractivity contribution in [1.82, 2.24) is 0 Å². The van der Waals surface area contributed by atoms with E-state index in [1.54, 1.807) is 6.08 Å². The van der Waals surface area contributed by atoms with Crippen LogP contribution in [0, 0.1) is 0 Å². The topological polar surface area (TPSA) is 57.5 Å². The molecule has 0 amide bonds. The van der Waals surface area contributed by atoms with Crippen molar-refractivity contribution in [2.45, 2.75) is 19.8 Å². The fourth-order valence-corrected chi connectivity index (χ4v) is 0.359. The lowest BCUT2D eigenvalue weighted by molar-refractivity contribution is 0.137. The minimum atomic E-state index is -1.83. The molecule has 0 atom stereocenters. The van der Waals surface area contributed by atoms with Crippen molar-refractivity contribution in [1.29, 1.82) is 0 Å². The summed E-state index contributed by atoms with van der Waals surface area (Å²) in [5, 5.41) is 13.9. The minimum absolute atomic E-state index is 1.17. The molecule has 0 unspecified atom stereocenters. The standard InChI is InChI=1S/C7H12.CH2O3/c1-3-5-7-6-4-2;2-1(3)4/h3,5,7H,1,4,6H2,2H3;(H2,2,3,4). The number of hydrogen-bond donors (Lipinski definition) is 2. The van der Waals surface area contributed by atoms with Gasteiger partial charge < -0.3 is 10.2 Å². The largest absolute Gasteiger partial charge is 0.503 e. The molecule has 0 spiro atoms. The van der Waals surface area contributed by atoms with Gasteiger partial charge in [0.25, 0.3) is 0 Å². The third-order valence-corrected chi connectivity index (χ3v) is 0.728. The van der Waals surface area contributed by atoms with Crippen LogP contribution in [-0.4, -0.2) is 16.4 Å². The zero-order chi connectivity index (χ0) is 9.11. The van der Waals surface area contributed by atoms with Crippen LogP contribution in [0.2, 0.25) is 0 Å². The third-order valence-electron chi connectivity index (χ3n) is 0.728. The third kappa shape index (κ3) is 52.7. The molecule has 0 aliphatic carbocycles. The van der Waals surface area contributed by atoms with E-state index >= 15 is 0 Å². The Morgan fingerprint density at radius 2 is 2.00 bits per heavy atom. The number of allylic oxidation sites excluding steroid dienone is 3. The zero-order valence-corrected chi connectivity index (χ0v) is 6.66. The molecule has 0 radical (unpaired) electrons. The Bertz CT molecular complexity index is 123. The summed E-state index contributed by atoms with van der Waals surface area (Å²) in [5.74, 6) is 0. The maximum atomic E-state index is 8.56. The van der Waals surface area contributed by atoms with Gasteiger partial charge in [0.1, 0.15) is 0 Å². The van der Waals surface area contributed by atoms with Crippen LogP contribution in [0.3, 0.4) is 0 Å². The van der Waals surface area contributed by atoms with Gasteiger partial charge in [-0.2, -0.15) is 0 Å². The predicted octanol–water partition coefficient (Wildman–Crippen LogP) is 2.75. The van der Waals surface area contributed by atoms with Crippen LogP contribution in [0.1, 0.15) is 19.8 Å². The smallest absolute Gasteiger partial charge is 0.450 e. The Morgan fingerprint density at radius 1 is 1.55 bits per heavy atom. The molecule has 11 heavy (non-hydrogen) atoms. The molecule has 0 saturated carbocycles. The molecule has 0 aromatic rings. The lowest BCUT2D eigenvalue weighted by atomic mass is 10.3. The Balaban J connectivity index is 0. The van der Waals surface area contributed by atoms with E-state index in [1.807, 2.05) is 6.08 Å². The van der Waals surface area contributed by atoms with E-state index in [1.165, 1.54) is 12.8 Å². The second-order valence-corrected chi connectivity index (χ2v) is 1.74. The van der Waals surface area contributed by atoms with Crippen molar-refractivity contribution in [3.05, 3.63) is 24.8 Å². The fourth-order valence-electron chi connectivity index (χ4n) is 0.359. The molecule has 0 bridgehead atoms. The van der Waals surface area contributed by atoms with Gasteiger partial charge in [0, 0.05) is 0 Å². The van der Waals surface area contributed by atoms with Gasteiger partial charge in [0.15, 0.2) is 0 Å². The molecule has 0 rings (SSSR count). The summed E-state index contributed by atoms with van der Waals surface area (Å²) >= 11 is 0. The zero-order valence-electron chi connectivity index (χ0n) is 6.66. The van der Waals surface area contributed by atoms with Gasteiger partial charge in [-0.1, -0.05) is 38.2 Å². The molecule has 2 N–H and O–H groups in total. The predicted molar refractivity (Wildman–Crippen MR) is 44.9 cm³/mol. The number of carboxylic acid groups (broad SMARTS) is 2. The highest BCUT2D eigenvalue weighted by molar-refractivity contribution is 5.53. The summed E-state index contributed by atoms with van der Waals surface area (Å²) in [4.78, 5) is 8.56. The van der Waals surface area contributed by atoms with Crippen LogP contribution in [0.5, 0.6) is 0 Å². The summed E-state index contributed by atoms with van der Waals surface area (Å²) in [7, 11) is 0. The van der Waals surface area contributed by atoms with Gasteiger partial charge in [-0.05, 0) is 6.42 Å². The molecule has 3 heteroatoms. The molecular weight excluding hydrogens is 144 g/mol. The molecule has 0 fully saturated rings. The van der Waals surface area contributed by atoms with Crippen molar-refractivity contribution in [3.8, 4) is 0 Å². The molecule has 0 heterocycles. The van der Waals surface area contributed by atoms with Gasteiger partial charge in [-0.15, -0.1) is 0 Å². The molecule has 0 aromatic heterocycles. The molecule has 3 nitrogen and oxygen atoms in total. The maximum Gasteiger partial charge on any atom is 0.503 e. The van der Waals surface area contributed by atoms with Crippen molar-refractivity contribution in [2.75, 3.05) is 0 Å². The van der Waals surface area contributed by atoms with Crippen molar-refractivity contribution in [3.63, 3.8) is 0 Å². The van der Waals surface area contributed by atoms with E-state index in [0.717, 1.165) is 0 Å². The highest BCUT2D eigenvalue weighted by Gasteiger charge is 1.70. The first-order valence-corrected chi connectivity index (χ1v) is 3.34. The van der Waals surface area contributed by atoms with Crippen LogP contribution >= 0.6 is 0 Å². The van der Waals surface area contributed by atoms with E-state index in [0.29, 0.717) is 0 Å². The molecule has 0 aliphatic rings. The second-order valence-electron chi connectivity index (χ2n) is 1.74. The lowest BCUT2D eigenvalue weighted by Crippen LogP contribution is -1.81. The van der Waals surface area contributed by atoms with Crippen LogP contribution in [0.15, 0.2) is 24.8 Å². The summed E-state index contributed by atoms with van der Waals surface area (Å²) in [6, 6.07) is 0. The highest BCUT2D eigenvalue weighted by atomic mass is 16.6. The van der Waals surface area contributed by atoms with Gasteiger partial charge >= 0.3 is 6.16 Å². The van der Waals surface area contributed by atoms with E-state index in [-0.39, 0.29) is 0 Å². The van der Waals surface area contributed by atoms with E-state index in [4.69, 9.17) is 15.0 Å². The van der Waals surface area contributed by atoms with Gasteiger partial charge in [-0.3, -0.25) is 0 Å². The molecule has 0 aliphatic heterocycles. The SMILES string of the molecule is C=CC=CCCC.O=C(O)O. The second kappa shape index (κ2) is 11.5. The summed E-state index contributed by atoms with van der Waals surface area (Å²) < 4.78 is 0. The van der Waals surface area contributed by atoms with Crippen molar-refractivity contribution in [2.24, 2.45) is 0 Å². The Labute approximate surface area is 66.7 Å². The van der Waals surface area contributed by atoms with Crippen LogP contribution < -0.4 is 0 Å². The molecule has 0 aromatic carbocycles. The monoisotopic (exact) mass is 158 g/mol. The maximum absolute atomic E-state index is 8.56. The van der Waals surface area contributed by atoms with Crippen molar-refractivity contribution < 1.29 is 15.0 Å². The first kappa shape index (κ1) is 12.4. The Kier molecular flexibility index (Phi) is 13.0. The summed E-state index contributed by atoms with van der Waals surface area (Å²) in [6.07, 6.45) is 6.46. The Hall–Kier alpha value is -1.25. The van der Waals surface area contributed by atoms with E-state index < -0.39 is 6.16 Å². The van der Waals surface area contributed by atoms with Gasteiger partial charge in [0.2, 0.25) is 0 Å². The molecule has 0 saturated heterocycles. The summed E-state index contributed by atoms with van der Waals surface area (Å²) in [6.45, 7) is 5.71. The lowest BCUT2D eigenvalue weighted by Gasteiger charge is -1.77. The number of rotatable bonds is 3. The fraction of sp³-hybridized carbons (Fsp3) is 0.375. The highest BCUT2D eigenvalue weighted by Crippen LogP contribution is 1.86. The average molecular weight is 158 g/mol. The average Bonchev–Trinajstić information content (AvgIpc) is 1.88. The molecule has 64 valence electrons. The number of carbonyl (C=O) groups is 1. The van der Waals surface area contributed by atoms with E-state index in [9.17, 15) is 0 Å². The first-order valence-electron chi connectivity index (χ1n) is 3.34. The minimum Gasteiger partial charge on any atom is -0.450 e. The normalized spacial score (nSPS) is 8.45. The summed E-state index contributed by atoms with van der Waals surface area (Å²) in [5.41, 5.74) is 0. The molecular formula is C8H14O3. The van der Waals surface area contributed by atoms with Gasteiger partial charge in [-0.25, -0.2) is 4.79 Å².